The van der Waals surface area contributed by atoms with Crippen molar-refractivity contribution < 1.29 is 0 Å². The van der Waals surface area contributed by atoms with Gasteiger partial charge in [-0.05, 0) is 23.5 Å². The van der Waals surface area contributed by atoms with E-state index in [0.29, 0.717) is 11.8 Å². The van der Waals surface area contributed by atoms with E-state index in [1.807, 2.05) is 16.9 Å². The molecule has 3 nitrogen and oxygen atoms in total. The summed E-state index contributed by atoms with van der Waals surface area (Å²) < 4.78 is 1.93. The molecule has 0 atom stereocenters. The van der Waals surface area contributed by atoms with E-state index >= 15 is 0 Å². The normalized spacial score (nSPS) is 11.7. The van der Waals surface area contributed by atoms with E-state index < -0.39 is 0 Å². The van der Waals surface area contributed by atoms with Gasteiger partial charge in [0.2, 0.25) is 0 Å². The lowest BCUT2D eigenvalue weighted by atomic mass is 10.0. The molecule has 0 aliphatic carbocycles. The topological polar surface area (TPSA) is 30.2 Å². The number of hydrogen-bond acceptors (Lipinski definition) is 3. The lowest BCUT2D eigenvalue weighted by Crippen LogP contribution is -1.94. The second-order valence-corrected chi connectivity index (χ2v) is 7.58. The Bertz CT molecular complexity index is 788. The second kappa shape index (κ2) is 6.75. The summed E-state index contributed by atoms with van der Waals surface area (Å²) in [5.74, 6) is 2.26. The molecule has 0 saturated carbocycles. The van der Waals surface area contributed by atoms with E-state index in [-0.39, 0.29) is 0 Å². The monoisotopic (exact) mass is 325 g/mol. The molecule has 2 heterocycles. The molecular weight excluding hydrogens is 302 g/mol. The smallest absolute Gasteiger partial charge is 0.122 e. The molecule has 0 fully saturated rings. The van der Waals surface area contributed by atoms with Crippen LogP contribution in [-0.4, -0.2) is 20.4 Å². The van der Waals surface area contributed by atoms with Crippen molar-refractivity contribution >= 4 is 17.3 Å². The third kappa shape index (κ3) is 3.58. The van der Waals surface area contributed by atoms with Gasteiger partial charge in [0.05, 0.1) is 11.2 Å². The van der Waals surface area contributed by atoms with Crippen LogP contribution in [0.4, 0.5) is 0 Å². The molecule has 0 amide bonds. The van der Waals surface area contributed by atoms with Crippen molar-refractivity contribution in [3.05, 3.63) is 48.3 Å². The third-order valence-electron chi connectivity index (χ3n) is 3.78. The number of rotatable bonds is 5. The van der Waals surface area contributed by atoms with E-state index in [0.717, 1.165) is 27.6 Å². The minimum atomic E-state index is 0.549. The summed E-state index contributed by atoms with van der Waals surface area (Å²) in [4.78, 5) is 4.53. The minimum Gasteiger partial charge on any atom is -0.246 e. The number of benzene rings is 1. The molecule has 4 heteroatoms. The molecule has 120 valence electrons. The quantitative estimate of drug-likeness (QED) is 0.599. The molecule has 23 heavy (non-hydrogen) atoms. The van der Waals surface area contributed by atoms with Gasteiger partial charge in [-0.15, -0.1) is 11.8 Å². The molecule has 0 radical (unpaired) electrons. The van der Waals surface area contributed by atoms with E-state index in [1.165, 1.54) is 5.56 Å². The average Bonchev–Trinajstić information content (AvgIpc) is 2.97. The Kier molecular flexibility index (Phi) is 4.71. The van der Waals surface area contributed by atoms with Crippen LogP contribution in [0.25, 0.3) is 16.8 Å². The Hall–Kier alpha value is -1.81. The predicted octanol–water partition coefficient (Wildman–Crippen LogP) is 5.27. The summed E-state index contributed by atoms with van der Waals surface area (Å²) in [6.07, 6.45) is 3.75. The highest BCUT2D eigenvalue weighted by Crippen LogP contribution is 2.27. The first-order valence-electron chi connectivity index (χ1n) is 8.12. The first kappa shape index (κ1) is 16.1. The van der Waals surface area contributed by atoms with Gasteiger partial charge in [0.15, 0.2) is 0 Å². The van der Waals surface area contributed by atoms with Gasteiger partial charge < -0.3 is 0 Å². The molecule has 2 aromatic heterocycles. The number of fused-ring (bicyclic) bond motifs is 1. The van der Waals surface area contributed by atoms with Crippen LogP contribution in [0.15, 0.2) is 47.8 Å². The predicted molar refractivity (Wildman–Crippen MR) is 98.1 cm³/mol. The van der Waals surface area contributed by atoms with Crippen LogP contribution in [0.1, 0.15) is 39.2 Å². The maximum Gasteiger partial charge on any atom is 0.122 e. The summed E-state index contributed by atoms with van der Waals surface area (Å²) in [5, 5.41) is 5.76. The van der Waals surface area contributed by atoms with Gasteiger partial charge in [-0.1, -0.05) is 52.0 Å². The van der Waals surface area contributed by atoms with Gasteiger partial charge >= 0.3 is 0 Å². The molecule has 0 unspecified atom stereocenters. The summed E-state index contributed by atoms with van der Waals surface area (Å²) in [5.41, 5.74) is 4.59. The maximum atomic E-state index is 4.71. The summed E-state index contributed by atoms with van der Waals surface area (Å²) >= 11 is 1.80. The molecule has 0 saturated heterocycles. The van der Waals surface area contributed by atoms with Gasteiger partial charge in [0.1, 0.15) is 5.03 Å². The summed E-state index contributed by atoms with van der Waals surface area (Å²) in [7, 11) is 0. The van der Waals surface area contributed by atoms with Gasteiger partial charge in [0, 0.05) is 23.7 Å². The third-order valence-corrected chi connectivity index (χ3v) is 5.20. The largest absolute Gasteiger partial charge is 0.246 e. The fourth-order valence-corrected chi connectivity index (χ4v) is 3.36. The average molecular weight is 325 g/mol. The number of hydrogen-bond donors (Lipinski definition) is 0. The number of nitrogens with zero attached hydrogens (tertiary/aromatic N) is 3. The molecule has 0 aliphatic heterocycles. The Labute approximate surface area is 142 Å². The zero-order chi connectivity index (χ0) is 16.4. The standard InChI is InChI=1S/C19H23N3S/c1-13(2)12-23-19-18-11-17(21-22(18)10-9-20-19)16-7-5-15(6-8-16)14(3)4/h5-11,13-14H,12H2,1-4H3. The maximum absolute atomic E-state index is 4.71. The molecule has 0 aliphatic rings. The minimum absolute atomic E-state index is 0.549. The van der Waals surface area contributed by atoms with Crippen molar-refractivity contribution in [3.63, 3.8) is 0 Å². The highest BCUT2D eigenvalue weighted by molar-refractivity contribution is 7.99. The van der Waals surface area contributed by atoms with Crippen LogP contribution in [-0.2, 0) is 0 Å². The van der Waals surface area contributed by atoms with E-state index in [4.69, 9.17) is 5.10 Å². The van der Waals surface area contributed by atoms with E-state index in [1.54, 1.807) is 11.8 Å². The summed E-state index contributed by atoms with van der Waals surface area (Å²) in [6, 6.07) is 10.8. The summed E-state index contributed by atoms with van der Waals surface area (Å²) in [6.45, 7) is 8.88. The van der Waals surface area contributed by atoms with Crippen LogP contribution in [0, 0.1) is 5.92 Å². The molecule has 0 bridgehead atoms. The van der Waals surface area contributed by atoms with Gasteiger partial charge in [0.25, 0.3) is 0 Å². The Morgan fingerprint density at radius 1 is 1.09 bits per heavy atom. The molecule has 0 spiro atoms. The highest BCUT2D eigenvalue weighted by Gasteiger charge is 2.10. The van der Waals surface area contributed by atoms with Crippen LogP contribution in [0.2, 0.25) is 0 Å². The molecule has 3 rings (SSSR count). The van der Waals surface area contributed by atoms with Crippen molar-refractivity contribution in [1.29, 1.82) is 0 Å². The molecule has 3 aromatic rings. The molecule has 1 aromatic carbocycles. The fraction of sp³-hybridized carbons (Fsp3) is 0.368. The first-order valence-corrected chi connectivity index (χ1v) is 9.10. The zero-order valence-corrected chi connectivity index (χ0v) is 15.0. The Morgan fingerprint density at radius 3 is 2.48 bits per heavy atom. The van der Waals surface area contributed by atoms with Gasteiger partial charge in [-0.3, -0.25) is 0 Å². The Balaban J connectivity index is 1.94. The second-order valence-electron chi connectivity index (χ2n) is 6.57. The SMILES string of the molecule is CC(C)CSc1nccn2nc(-c3ccc(C(C)C)cc3)cc12. The first-order chi connectivity index (χ1) is 11.0. The number of aromatic nitrogens is 3. The van der Waals surface area contributed by atoms with Crippen molar-refractivity contribution in [3.8, 4) is 11.3 Å². The Morgan fingerprint density at radius 2 is 1.83 bits per heavy atom. The van der Waals surface area contributed by atoms with Crippen molar-refractivity contribution in [2.24, 2.45) is 5.92 Å². The lowest BCUT2D eigenvalue weighted by molar-refractivity contribution is 0.749. The van der Waals surface area contributed by atoms with Crippen LogP contribution in [0.5, 0.6) is 0 Å². The van der Waals surface area contributed by atoms with Crippen LogP contribution < -0.4 is 0 Å². The lowest BCUT2D eigenvalue weighted by Gasteiger charge is -2.05. The highest BCUT2D eigenvalue weighted by atomic mass is 32.2. The van der Waals surface area contributed by atoms with Gasteiger partial charge in [-0.25, -0.2) is 9.50 Å². The molecular formula is C19H23N3S. The van der Waals surface area contributed by atoms with Gasteiger partial charge in [-0.2, -0.15) is 5.10 Å². The van der Waals surface area contributed by atoms with Crippen LogP contribution >= 0.6 is 11.8 Å². The van der Waals surface area contributed by atoms with Crippen LogP contribution in [0.3, 0.4) is 0 Å². The zero-order valence-electron chi connectivity index (χ0n) is 14.2. The fourth-order valence-electron chi connectivity index (χ4n) is 2.43. The van der Waals surface area contributed by atoms with Crippen molar-refractivity contribution in [2.45, 2.75) is 38.6 Å². The van der Waals surface area contributed by atoms with E-state index in [2.05, 4.69) is 63.0 Å². The van der Waals surface area contributed by atoms with Crippen molar-refractivity contribution in [2.75, 3.05) is 5.75 Å². The number of thioether (sulfide) groups is 1. The van der Waals surface area contributed by atoms with E-state index in [9.17, 15) is 0 Å². The van der Waals surface area contributed by atoms with Crippen molar-refractivity contribution in [1.82, 2.24) is 14.6 Å². The molecule has 0 N–H and O–H groups in total.